The van der Waals surface area contributed by atoms with Crippen LogP contribution < -0.4 is 5.32 Å². The van der Waals surface area contributed by atoms with E-state index in [1.165, 1.54) is 18.2 Å². The summed E-state index contributed by atoms with van der Waals surface area (Å²) < 4.78 is 19.9. The Bertz CT molecular complexity index is 1100. The lowest BCUT2D eigenvalue weighted by atomic mass is 10.1. The van der Waals surface area contributed by atoms with Gasteiger partial charge in [0.1, 0.15) is 5.82 Å². The molecule has 140 valence electrons. The normalized spacial score (nSPS) is 10.8. The number of anilines is 1. The van der Waals surface area contributed by atoms with Gasteiger partial charge in [-0.15, -0.1) is 0 Å². The summed E-state index contributed by atoms with van der Waals surface area (Å²) in [7, 11) is 0. The Hall–Kier alpha value is -3.45. The third-order valence-electron chi connectivity index (χ3n) is 4.02. The minimum atomic E-state index is -0.428. The maximum atomic E-state index is 13.0. The van der Waals surface area contributed by atoms with Crippen LogP contribution in [0.5, 0.6) is 0 Å². The maximum Gasteiger partial charge on any atom is 0.277 e. The maximum absolute atomic E-state index is 13.0. The number of hydrogen-bond acceptors (Lipinski definition) is 4. The molecule has 28 heavy (non-hydrogen) atoms. The summed E-state index contributed by atoms with van der Waals surface area (Å²) in [5.74, 6) is -0.399. The molecule has 0 radical (unpaired) electrons. The number of aromatic nitrogens is 3. The van der Waals surface area contributed by atoms with Crippen LogP contribution in [-0.4, -0.2) is 20.8 Å². The molecule has 4 rings (SSSR count). The van der Waals surface area contributed by atoms with Crippen LogP contribution in [0.1, 0.15) is 16.1 Å². The van der Waals surface area contributed by atoms with Gasteiger partial charge in [-0.1, -0.05) is 28.9 Å². The van der Waals surface area contributed by atoms with Gasteiger partial charge in [0.2, 0.25) is 0 Å². The van der Waals surface area contributed by atoms with Gasteiger partial charge in [0.15, 0.2) is 11.5 Å². The zero-order valence-electron chi connectivity index (χ0n) is 14.5. The van der Waals surface area contributed by atoms with E-state index in [0.29, 0.717) is 28.6 Å². The van der Waals surface area contributed by atoms with Crippen LogP contribution in [0.4, 0.5) is 10.1 Å². The lowest BCUT2D eigenvalue weighted by Gasteiger charge is -2.02. The van der Waals surface area contributed by atoms with E-state index >= 15 is 0 Å². The van der Waals surface area contributed by atoms with Crippen LogP contribution in [0.25, 0.3) is 11.3 Å². The van der Waals surface area contributed by atoms with Crippen molar-refractivity contribution in [1.29, 1.82) is 0 Å². The molecule has 2 aromatic heterocycles. The first-order valence-corrected chi connectivity index (χ1v) is 8.75. The topological polar surface area (TPSA) is 73.0 Å². The number of halogens is 2. The first-order chi connectivity index (χ1) is 13.6. The van der Waals surface area contributed by atoms with Gasteiger partial charge in [-0.05, 0) is 42.0 Å². The van der Waals surface area contributed by atoms with Crippen molar-refractivity contribution in [3.8, 4) is 11.3 Å². The molecule has 2 heterocycles. The van der Waals surface area contributed by atoms with Crippen LogP contribution >= 0.6 is 11.6 Å². The quantitative estimate of drug-likeness (QED) is 0.533. The highest BCUT2D eigenvalue weighted by atomic mass is 35.5. The predicted molar refractivity (Wildman–Crippen MR) is 103 cm³/mol. The molecule has 8 heteroatoms. The van der Waals surface area contributed by atoms with Crippen LogP contribution in [-0.2, 0) is 6.54 Å². The van der Waals surface area contributed by atoms with Gasteiger partial charge in [0.05, 0.1) is 18.4 Å². The van der Waals surface area contributed by atoms with E-state index in [-0.39, 0.29) is 11.5 Å². The highest BCUT2D eigenvalue weighted by Crippen LogP contribution is 2.21. The van der Waals surface area contributed by atoms with E-state index < -0.39 is 5.91 Å². The molecular formula is C20H14ClFN4O2. The van der Waals surface area contributed by atoms with Crippen molar-refractivity contribution in [2.45, 2.75) is 6.54 Å². The van der Waals surface area contributed by atoms with E-state index in [1.54, 1.807) is 29.2 Å². The van der Waals surface area contributed by atoms with E-state index in [0.717, 1.165) is 5.56 Å². The lowest BCUT2D eigenvalue weighted by Crippen LogP contribution is -2.11. The molecule has 0 spiro atoms. The van der Waals surface area contributed by atoms with Crippen molar-refractivity contribution in [2.24, 2.45) is 0 Å². The second-order valence-electron chi connectivity index (χ2n) is 6.09. The SMILES string of the molecule is O=C(Nc1cnn(Cc2ccc(Cl)cc2)c1)c1cc(-c2ccc(F)cc2)on1. The molecule has 4 aromatic rings. The van der Waals surface area contributed by atoms with E-state index in [2.05, 4.69) is 15.6 Å². The van der Waals surface area contributed by atoms with Crippen molar-refractivity contribution in [3.63, 3.8) is 0 Å². The highest BCUT2D eigenvalue weighted by Gasteiger charge is 2.15. The van der Waals surface area contributed by atoms with Crippen LogP contribution in [0.15, 0.2) is 71.5 Å². The number of benzene rings is 2. The molecule has 0 bridgehead atoms. The minimum absolute atomic E-state index is 0.116. The third-order valence-corrected chi connectivity index (χ3v) is 4.27. The fourth-order valence-corrected chi connectivity index (χ4v) is 2.75. The lowest BCUT2D eigenvalue weighted by molar-refractivity contribution is 0.101. The molecule has 6 nitrogen and oxygen atoms in total. The molecule has 1 N–H and O–H groups in total. The van der Waals surface area contributed by atoms with Gasteiger partial charge in [-0.3, -0.25) is 9.48 Å². The van der Waals surface area contributed by atoms with Crippen molar-refractivity contribution in [1.82, 2.24) is 14.9 Å². The van der Waals surface area contributed by atoms with Crippen molar-refractivity contribution >= 4 is 23.2 Å². The van der Waals surface area contributed by atoms with Crippen molar-refractivity contribution in [3.05, 3.63) is 89.1 Å². The molecule has 2 aromatic carbocycles. The number of rotatable bonds is 5. The van der Waals surface area contributed by atoms with E-state index in [4.69, 9.17) is 16.1 Å². The molecular weight excluding hydrogens is 383 g/mol. The Labute approximate surface area is 164 Å². The molecule has 0 aliphatic heterocycles. The van der Waals surface area contributed by atoms with E-state index in [9.17, 15) is 9.18 Å². The zero-order chi connectivity index (χ0) is 19.5. The summed E-state index contributed by atoms with van der Waals surface area (Å²) in [4.78, 5) is 12.4. The van der Waals surface area contributed by atoms with Gasteiger partial charge in [-0.25, -0.2) is 4.39 Å². The monoisotopic (exact) mass is 396 g/mol. The number of amides is 1. The minimum Gasteiger partial charge on any atom is -0.355 e. The Morgan fingerprint density at radius 3 is 2.64 bits per heavy atom. The number of hydrogen-bond donors (Lipinski definition) is 1. The third kappa shape index (κ3) is 4.10. The molecule has 0 unspecified atom stereocenters. The van der Waals surface area contributed by atoms with Gasteiger partial charge >= 0.3 is 0 Å². The fourth-order valence-electron chi connectivity index (χ4n) is 2.62. The zero-order valence-corrected chi connectivity index (χ0v) is 15.2. The summed E-state index contributed by atoms with van der Waals surface area (Å²) in [5, 5.41) is 11.4. The van der Waals surface area contributed by atoms with Crippen molar-refractivity contribution in [2.75, 3.05) is 5.32 Å². The second-order valence-corrected chi connectivity index (χ2v) is 6.53. The van der Waals surface area contributed by atoms with Crippen molar-refractivity contribution < 1.29 is 13.7 Å². The molecule has 0 atom stereocenters. The number of carbonyl (C=O) groups is 1. The molecule has 0 aliphatic rings. The van der Waals surface area contributed by atoms with Gasteiger partial charge in [-0.2, -0.15) is 5.10 Å². The Morgan fingerprint density at radius 1 is 1.14 bits per heavy atom. The largest absolute Gasteiger partial charge is 0.355 e. The summed E-state index contributed by atoms with van der Waals surface area (Å²) >= 11 is 5.88. The van der Waals surface area contributed by atoms with Gasteiger partial charge in [0, 0.05) is 22.8 Å². The Morgan fingerprint density at radius 2 is 1.89 bits per heavy atom. The fraction of sp³-hybridized carbons (Fsp3) is 0.0500. The average molecular weight is 397 g/mol. The molecule has 0 aliphatic carbocycles. The first-order valence-electron chi connectivity index (χ1n) is 8.38. The smallest absolute Gasteiger partial charge is 0.277 e. The summed E-state index contributed by atoms with van der Waals surface area (Å²) in [6.07, 6.45) is 3.27. The van der Waals surface area contributed by atoms with Gasteiger partial charge in [0.25, 0.3) is 5.91 Å². The Kier molecular flexibility index (Phi) is 4.90. The molecule has 0 saturated heterocycles. The first kappa shape index (κ1) is 17.9. The van der Waals surface area contributed by atoms with Crippen LogP contribution in [0.3, 0.4) is 0 Å². The Balaban J connectivity index is 1.42. The van der Waals surface area contributed by atoms with Gasteiger partial charge < -0.3 is 9.84 Å². The summed E-state index contributed by atoms with van der Waals surface area (Å²) in [6, 6.07) is 14.7. The van der Waals surface area contributed by atoms with E-state index in [1.807, 2.05) is 24.3 Å². The predicted octanol–water partition coefficient (Wildman–Crippen LogP) is 4.63. The summed E-state index contributed by atoms with van der Waals surface area (Å²) in [6.45, 7) is 0.547. The summed E-state index contributed by atoms with van der Waals surface area (Å²) in [5.41, 5.74) is 2.31. The van der Waals surface area contributed by atoms with Crippen LogP contribution in [0.2, 0.25) is 5.02 Å². The standard InChI is InChI=1S/C20H14ClFN4O2/c21-15-5-1-13(2-6-15)11-26-12-17(10-23-26)24-20(27)18-9-19(28-25-18)14-3-7-16(22)8-4-14/h1-10,12H,11H2,(H,24,27). The highest BCUT2D eigenvalue weighted by molar-refractivity contribution is 6.30. The second kappa shape index (κ2) is 7.66. The number of nitrogens with one attached hydrogen (secondary N) is 1. The molecule has 0 fully saturated rings. The number of carbonyl (C=O) groups excluding carboxylic acids is 1. The number of nitrogens with zero attached hydrogens (tertiary/aromatic N) is 3. The van der Waals surface area contributed by atoms with Crippen LogP contribution in [0, 0.1) is 5.82 Å². The molecule has 0 saturated carbocycles. The average Bonchev–Trinajstić information content (AvgIpc) is 3.34. The molecule has 1 amide bonds.